The van der Waals surface area contributed by atoms with Crippen LogP contribution in [0, 0.1) is 0 Å². The quantitative estimate of drug-likeness (QED) is 0.536. The molecule has 6 nitrogen and oxygen atoms in total. The number of piperazine rings is 2. The summed E-state index contributed by atoms with van der Waals surface area (Å²) in [7, 11) is 0. The Morgan fingerprint density at radius 1 is 0.743 bits per heavy atom. The van der Waals surface area contributed by atoms with Crippen molar-refractivity contribution in [2.45, 2.75) is 46.3 Å². The summed E-state index contributed by atoms with van der Waals surface area (Å²) in [5.41, 5.74) is 5.55. The lowest BCUT2D eigenvalue weighted by molar-refractivity contribution is 0.112. The Hall–Kier alpha value is -2.28. The van der Waals surface area contributed by atoms with Crippen LogP contribution in [-0.4, -0.2) is 80.5 Å². The zero-order chi connectivity index (χ0) is 24.1. The maximum absolute atomic E-state index is 12.2. The lowest BCUT2D eigenvalue weighted by Gasteiger charge is -2.43. The molecule has 0 radical (unpaired) electrons. The predicted molar refractivity (Wildman–Crippen MR) is 151 cm³/mol. The molecule has 0 aromatic heterocycles. The van der Waals surface area contributed by atoms with E-state index in [0.717, 1.165) is 82.1 Å². The van der Waals surface area contributed by atoms with Crippen molar-refractivity contribution in [3.63, 3.8) is 0 Å². The maximum atomic E-state index is 12.2. The van der Waals surface area contributed by atoms with Crippen molar-refractivity contribution in [1.82, 2.24) is 9.80 Å². The molecular formula is C28H42ClN5O. The Bertz CT molecular complexity index is 936. The molecule has 192 valence electrons. The average molecular weight is 500 g/mol. The van der Waals surface area contributed by atoms with Crippen molar-refractivity contribution in [2.75, 3.05) is 67.5 Å². The van der Waals surface area contributed by atoms with E-state index in [1.54, 1.807) is 0 Å². The van der Waals surface area contributed by atoms with Gasteiger partial charge in [0.1, 0.15) is 0 Å². The molecule has 0 bridgehead atoms. The number of aldehydes is 1. The van der Waals surface area contributed by atoms with Gasteiger partial charge in [-0.25, -0.2) is 0 Å². The molecule has 0 atom stereocenters. The fourth-order valence-corrected chi connectivity index (χ4v) is 5.24. The highest BCUT2D eigenvalue weighted by Gasteiger charge is 2.29. The van der Waals surface area contributed by atoms with Crippen LogP contribution < -0.4 is 15.1 Å². The van der Waals surface area contributed by atoms with Crippen LogP contribution in [0.25, 0.3) is 0 Å². The molecule has 0 aliphatic carbocycles. The van der Waals surface area contributed by atoms with E-state index in [2.05, 4.69) is 82.9 Å². The maximum Gasteiger partial charge on any atom is 0.152 e. The van der Waals surface area contributed by atoms with Gasteiger partial charge in [-0.1, -0.05) is 24.3 Å². The summed E-state index contributed by atoms with van der Waals surface area (Å²) in [6.45, 7) is 17.9. The van der Waals surface area contributed by atoms with Crippen molar-refractivity contribution in [3.8, 4) is 0 Å². The van der Waals surface area contributed by atoms with Gasteiger partial charge in [0.05, 0.1) is 11.4 Å². The molecule has 1 N–H and O–H groups in total. The van der Waals surface area contributed by atoms with Crippen LogP contribution in [0.15, 0.2) is 42.5 Å². The third kappa shape index (κ3) is 6.49. The Labute approximate surface area is 217 Å². The minimum absolute atomic E-state index is 0. The summed E-state index contributed by atoms with van der Waals surface area (Å²) >= 11 is 0. The highest BCUT2D eigenvalue weighted by atomic mass is 35.5. The van der Waals surface area contributed by atoms with Gasteiger partial charge in [-0.05, 0) is 51.5 Å². The van der Waals surface area contributed by atoms with Crippen LogP contribution in [0.4, 0.5) is 17.1 Å². The zero-order valence-corrected chi connectivity index (χ0v) is 22.6. The fourth-order valence-electron chi connectivity index (χ4n) is 5.24. The zero-order valence-electron chi connectivity index (χ0n) is 21.7. The van der Waals surface area contributed by atoms with Gasteiger partial charge < -0.3 is 15.1 Å². The predicted octanol–water partition coefficient (Wildman–Crippen LogP) is 4.59. The third-order valence-electron chi connectivity index (χ3n) is 7.37. The second-order valence-corrected chi connectivity index (χ2v) is 10.1. The lowest BCUT2D eigenvalue weighted by atomic mass is 10.0. The first-order valence-corrected chi connectivity index (χ1v) is 12.9. The first kappa shape index (κ1) is 27.3. The summed E-state index contributed by atoms with van der Waals surface area (Å²) in [5, 5.41) is 3.60. The van der Waals surface area contributed by atoms with E-state index in [1.165, 1.54) is 11.3 Å². The normalized spacial score (nSPS) is 17.5. The van der Waals surface area contributed by atoms with Gasteiger partial charge in [-0.15, -0.1) is 12.4 Å². The summed E-state index contributed by atoms with van der Waals surface area (Å²) in [4.78, 5) is 22.3. The largest absolute Gasteiger partial charge is 0.381 e. The van der Waals surface area contributed by atoms with Crippen molar-refractivity contribution < 1.29 is 4.79 Å². The van der Waals surface area contributed by atoms with Crippen LogP contribution in [0.1, 0.15) is 43.6 Å². The number of nitrogens with one attached hydrogen (secondary N) is 1. The van der Waals surface area contributed by atoms with Crippen LogP contribution in [-0.2, 0) is 6.54 Å². The van der Waals surface area contributed by atoms with Crippen molar-refractivity contribution in [1.29, 1.82) is 0 Å². The second-order valence-electron chi connectivity index (χ2n) is 10.1. The molecule has 2 fully saturated rings. The van der Waals surface area contributed by atoms with Crippen molar-refractivity contribution in [3.05, 3.63) is 53.6 Å². The van der Waals surface area contributed by atoms with E-state index in [0.29, 0.717) is 12.1 Å². The Kier molecular flexibility index (Phi) is 9.84. The molecule has 2 aliphatic heterocycles. The smallest absolute Gasteiger partial charge is 0.152 e. The molecule has 0 unspecified atom stereocenters. The summed E-state index contributed by atoms with van der Waals surface area (Å²) in [5.74, 6) is 0. The van der Waals surface area contributed by atoms with E-state index < -0.39 is 0 Å². The van der Waals surface area contributed by atoms with Crippen LogP contribution in [0.3, 0.4) is 0 Å². The highest BCUT2D eigenvalue weighted by molar-refractivity contribution is 5.93. The van der Waals surface area contributed by atoms with E-state index in [1.807, 2.05) is 12.1 Å². The Morgan fingerprint density at radius 3 is 1.74 bits per heavy atom. The van der Waals surface area contributed by atoms with E-state index in [-0.39, 0.29) is 12.4 Å². The van der Waals surface area contributed by atoms with Gasteiger partial charge in [0.25, 0.3) is 0 Å². The first-order valence-electron chi connectivity index (χ1n) is 12.9. The number of nitrogens with zero attached hydrogens (tertiary/aromatic N) is 4. The molecule has 35 heavy (non-hydrogen) atoms. The molecule has 0 amide bonds. The number of anilines is 3. The number of hydrogen-bond acceptors (Lipinski definition) is 6. The molecule has 4 rings (SSSR count). The minimum atomic E-state index is 0. The van der Waals surface area contributed by atoms with Crippen LogP contribution in [0.5, 0.6) is 0 Å². The number of halogens is 1. The number of carbonyl (C=O) groups is 1. The minimum Gasteiger partial charge on any atom is -0.381 e. The van der Waals surface area contributed by atoms with Gasteiger partial charge in [0.15, 0.2) is 6.29 Å². The monoisotopic (exact) mass is 499 g/mol. The average Bonchev–Trinajstić information content (AvgIpc) is 2.87. The number of benzene rings is 2. The fraction of sp³-hybridized carbons (Fsp3) is 0.536. The van der Waals surface area contributed by atoms with Crippen molar-refractivity contribution >= 4 is 35.8 Å². The number of carbonyl (C=O) groups excluding carboxylic acids is 1. The van der Waals surface area contributed by atoms with Gasteiger partial charge in [-0.3, -0.25) is 14.6 Å². The highest BCUT2D eigenvalue weighted by Crippen LogP contribution is 2.38. The number of rotatable bonds is 8. The van der Waals surface area contributed by atoms with E-state index in [4.69, 9.17) is 0 Å². The van der Waals surface area contributed by atoms with Crippen LogP contribution >= 0.6 is 12.4 Å². The van der Waals surface area contributed by atoms with E-state index >= 15 is 0 Å². The molecule has 0 spiro atoms. The van der Waals surface area contributed by atoms with Crippen molar-refractivity contribution in [2.24, 2.45) is 0 Å². The molecule has 2 aromatic carbocycles. The standard InChI is InChI=1S/C28H41N5O.ClH/c1-22(2)30-12-16-32(17-13-30)27-24(20-29-26-8-6-5-7-9-26)10-11-25(21-34)28(27)33-18-14-31(15-19-33)23(3)4;/h5-11,21-23,29H,12-20H2,1-4H3;1H. The summed E-state index contributed by atoms with van der Waals surface area (Å²) < 4.78 is 0. The number of para-hydroxylation sites is 1. The summed E-state index contributed by atoms with van der Waals surface area (Å²) in [6.07, 6.45) is 1.05. The van der Waals surface area contributed by atoms with Gasteiger partial charge in [0.2, 0.25) is 0 Å². The number of hydrogen-bond donors (Lipinski definition) is 1. The lowest BCUT2D eigenvalue weighted by Crippen LogP contribution is -2.51. The van der Waals surface area contributed by atoms with Gasteiger partial charge in [0, 0.05) is 82.2 Å². The third-order valence-corrected chi connectivity index (χ3v) is 7.37. The molecular weight excluding hydrogens is 458 g/mol. The Balaban J connectivity index is 0.00000342. The molecule has 7 heteroatoms. The molecule has 0 saturated carbocycles. The topological polar surface area (TPSA) is 42.1 Å². The molecule has 2 aromatic rings. The molecule has 2 saturated heterocycles. The van der Waals surface area contributed by atoms with Crippen LogP contribution in [0.2, 0.25) is 0 Å². The summed E-state index contributed by atoms with van der Waals surface area (Å²) in [6, 6.07) is 15.7. The SMILES string of the molecule is CC(C)N1CCN(c2c(C=O)ccc(CNc3ccccc3)c2N2CCN(C(C)C)CC2)CC1.Cl. The molecule has 2 aliphatic rings. The second kappa shape index (κ2) is 12.6. The van der Waals surface area contributed by atoms with Gasteiger partial charge >= 0.3 is 0 Å². The first-order chi connectivity index (χ1) is 16.5. The Morgan fingerprint density at radius 2 is 1.26 bits per heavy atom. The van der Waals surface area contributed by atoms with E-state index in [9.17, 15) is 4.79 Å². The van der Waals surface area contributed by atoms with Gasteiger partial charge in [-0.2, -0.15) is 0 Å². The molecule has 2 heterocycles.